The molecule has 0 aliphatic carbocycles. The van der Waals surface area contributed by atoms with Gasteiger partial charge in [-0.1, -0.05) is 18.5 Å². The second-order valence-corrected chi connectivity index (χ2v) is 3.90. The first-order chi connectivity index (χ1) is 7.72. The summed E-state index contributed by atoms with van der Waals surface area (Å²) < 4.78 is 10.4. The Morgan fingerprint density at radius 1 is 1.25 bits per heavy atom. The first kappa shape index (κ1) is 13.1. The fourth-order valence-corrected chi connectivity index (χ4v) is 1.79. The van der Waals surface area contributed by atoms with E-state index < -0.39 is 0 Å². The van der Waals surface area contributed by atoms with Gasteiger partial charge in [0, 0.05) is 6.54 Å². The quantitative estimate of drug-likeness (QED) is 0.780. The summed E-state index contributed by atoms with van der Waals surface area (Å²) in [7, 11) is 3.19. The predicted molar refractivity (Wildman–Crippen MR) is 66.6 cm³/mol. The van der Waals surface area contributed by atoms with Crippen LogP contribution >= 0.6 is 11.6 Å². The minimum Gasteiger partial charge on any atom is -0.493 e. The smallest absolute Gasteiger partial charge is 0.179 e. The van der Waals surface area contributed by atoms with Crippen LogP contribution in [0.15, 0.2) is 12.1 Å². The van der Waals surface area contributed by atoms with Crippen LogP contribution in [0.1, 0.15) is 18.9 Å². The Morgan fingerprint density at radius 3 is 2.56 bits per heavy atom. The van der Waals surface area contributed by atoms with E-state index in [4.69, 9.17) is 21.1 Å². The topological polar surface area (TPSA) is 30.5 Å². The Hall–Kier alpha value is -0.930. The van der Waals surface area contributed by atoms with E-state index >= 15 is 0 Å². The fraction of sp³-hybridized carbons (Fsp3) is 0.500. The second-order valence-electron chi connectivity index (χ2n) is 3.49. The van der Waals surface area contributed by atoms with Crippen LogP contribution in [0, 0.1) is 0 Å². The molecule has 90 valence electrons. The maximum atomic E-state index is 6.09. The molecule has 1 rings (SSSR count). The molecule has 16 heavy (non-hydrogen) atoms. The molecule has 3 nitrogen and oxygen atoms in total. The fourth-order valence-electron chi connectivity index (χ4n) is 1.48. The molecule has 1 aromatic carbocycles. The van der Waals surface area contributed by atoms with E-state index in [1.54, 1.807) is 14.2 Å². The second kappa shape index (κ2) is 6.61. The predicted octanol–water partition coefficient (Wildman–Crippen LogP) is 2.86. The van der Waals surface area contributed by atoms with E-state index in [1.807, 2.05) is 12.1 Å². The molecule has 1 aromatic rings. The average Bonchev–Trinajstić information content (AvgIpc) is 2.28. The lowest BCUT2D eigenvalue weighted by Gasteiger charge is -2.12. The van der Waals surface area contributed by atoms with Crippen molar-refractivity contribution in [2.75, 3.05) is 20.8 Å². The van der Waals surface area contributed by atoms with Gasteiger partial charge < -0.3 is 14.8 Å². The molecule has 0 amide bonds. The van der Waals surface area contributed by atoms with Crippen LogP contribution in [0.3, 0.4) is 0 Å². The molecule has 0 bridgehead atoms. The van der Waals surface area contributed by atoms with Gasteiger partial charge in [-0.25, -0.2) is 0 Å². The summed E-state index contributed by atoms with van der Waals surface area (Å²) in [5.74, 6) is 1.26. The Kier molecular flexibility index (Phi) is 5.43. The number of hydrogen-bond donors (Lipinski definition) is 1. The zero-order valence-electron chi connectivity index (χ0n) is 9.97. The van der Waals surface area contributed by atoms with Gasteiger partial charge in [-0.15, -0.1) is 0 Å². The molecule has 0 spiro atoms. The Labute approximate surface area is 102 Å². The van der Waals surface area contributed by atoms with Crippen molar-refractivity contribution in [1.29, 1.82) is 0 Å². The minimum absolute atomic E-state index is 0.579. The molecule has 0 aliphatic heterocycles. The van der Waals surface area contributed by atoms with Gasteiger partial charge in [0.1, 0.15) is 0 Å². The Bertz CT molecular complexity index is 342. The molecule has 0 heterocycles. The molecule has 4 heteroatoms. The third kappa shape index (κ3) is 3.29. The first-order valence-electron chi connectivity index (χ1n) is 5.34. The Morgan fingerprint density at radius 2 is 2.00 bits per heavy atom. The van der Waals surface area contributed by atoms with Crippen molar-refractivity contribution >= 4 is 11.6 Å². The summed E-state index contributed by atoms with van der Waals surface area (Å²) in [5.41, 5.74) is 1.09. The number of rotatable bonds is 6. The molecule has 0 atom stereocenters. The van der Waals surface area contributed by atoms with Gasteiger partial charge in [0.15, 0.2) is 11.5 Å². The molecule has 0 saturated carbocycles. The molecule has 0 radical (unpaired) electrons. The zero-order chi connectivity index (χ0) is 12.0. The summed E-state index contributed by atoms with van der Waals surface area (Å²) in [6, 6.07) is 3.83. The summed E-state index contributed by atoms with van der Waals surface area (Å²) in [4.78, 5) is 0. The first-order valence-corrected chi connectivity index (χ1v) is 5.71. The van der Waals surface area contributed by atoms with Crippen LogP contribution in [0.5, 0.6) is 11.5 Å². The van der Waals surface area contributed by atoms with Gasteiger partial charge in [0.05, 0.1) is 19.2 Å². The summed E-state index contributed by atoms with van der Waals surface area (Å²) >= 11 is 6.09. The van der Waals surface area contributed by atoms with Crippen molar-refractivity contribution < 1.29 is 9.47 Å². The summed E-state index contributed by atoms with van der Waals surface area (Å²) in [6.07, 6.45) is 1.11. The van der Waals surface area contributed by atoms with Gasteiger partial charge in [-0.05, 0) is 30.7 Å². The largest absolute Gasteiger partial charge is 0.493 e. The van der Waals surface area contributed by atoms with E-state index in [-0.39, 0.29) is 0 Å². The van der Waals surface area contributed by atoms with Crippen molar-refractivity contribution in [2.45, 2.75) is 19.9 Å². The highest BCUT2D eigenvalue weighted by molar-refractivity contribution is 6.32. The van der Waals surface area contributed by atoms with Gasteiger partial charge in [-0.3, -0.25) is 0 Å². The molecule has 0 saturated heterocycles. The van der Waals surface area contributed by atoms with Crippen LogP contribution < -0.4 is 14.8 Å². The van der Waals surface area contributed by atoms with Crippen molar-refractivity contribution in [2.24, 2.45) is 0 Å². The maximum Gasteiger partial charge on any atom is 0.179 e. The normalized spacial score (nSPS) is 10.2. The standard InChI is InChI=1S/C12H18ClNO2/c1-4-5-14-8-9-6-10(13)12(16-3)11(7-9)15-2/h6-7,14H,4-5,8H2,1-3H3. The van der Waals surface area contributed by atoms with Crippen LogP contribution in [0.4, 0.5) is 0 Å². The maximum absolute atomic E-state index is 6.09. The monoisotopic (exact) mass is 243 g/mol. The minimum atomic E-state index is 0.579. The van der Waals surface area contributed by atoms with Crippen LogP contribution in [-0.2, 0) is 6.54 Å². The van der Waals surface area contributed by atoms with Crippen LogP contribution in [-0.4, -0.2) is 20.8 Å². The van der Waals surface area contributed by atoms with E-state index in [1.165, 1.54) is 0 Å². The lowest BCUT2D eigenvalue weighted by molar-refractivity contribution is 0.354. The number of hydrogen-bond acceptors (Lipinski definition) is 3. The Balaban J connectivity index is 2.83. The lowest BCUT2D eigenvalue weighted by Crippen LogP contribution is -2.13. The third-order valence-electron chi connectivity index (χ3n) is 2.25. The molecule has 0 aromatic heterocycles. The zero-order valence-corrected chi connectivity index (χ0v) is 10.7. The number of ether oxygens (including phenoxy) is 2. The third-order valence-corrected chi connectivity index (χ3v) is 2.53. The van der Waals surface area contributed by atoms with Crippen LogP contribution in [0.2, 0.25) is 5.02 Å². The van der Waals surface area contributed by atoms with E-state index in [2.05, 4.69) is 12.2 Å². The highest BCUT2D eigenvalue weighted by Crippen LogP contribution is 2.35. The van der Waals surface area contributed by atoms with Crippen molar-refractivity contribution in [3.8, 4) is 11.5 Å². The van der Waals surface area contributed by atoms with E-state index in [0.717, 1.165) is 25.1 Å². The molecule has 0 unspecified atom stereocenters. The number of halogens is 1. The molecule has 0 aliphatic rings. The molecule has 0 fully saturated rings. The van der Waals surface area contributed by atoms with Crippen molar-refractivity contribution in [3.63, 3.8) is 0 Å². The van der Waals surface area contributed by atoms with Crippen molar-refractivity contribution in [1.82, 2.24) is 5.32 Å². The molecular formula is C12H18ClNO2. The number of methoxy groups -OCH3 is 2. The van der Waals surface area contributed by atoms with Crippen molar-refractivity contribution in [3.05, 3.63) is 22.7 Å². The highest BCUT2D eigenvalue weighted by atomic mass is 35.5. The molecular weight excluding hydrogens is 226 g/mol. The van der Waals surface area contributed by atoms with Gasteiger partial charge in [0.25, 0.3) is 0 Å². The number of nitrogens with one attached hydrogen (secondary N) is 1. The van der Waals surface area contributed by atoms with Gasteiger partial charge in [0.2, 0.25) is 0 Å². The molecule has 1 N–H and O–H groups in total. The van der Waals surface area contributed by atoms with E-state index in [9.17, 15) is 0 Å². The summed E-state index contributed by atoms with van der Waals surface area (Å²) in [6.45, 7) is 3.91. The van der Waals surface area contributed by atoms with Gasteiger partial charge in [-0.2, -0.15) is 0 Å². The average molecular weight is 244 g/mol. The van der Waals surface area contributed by atoms with Crippen LogP contribution in [0.25, 0.3) is 0 Å². The number of benzene rings is 1. The highest BCUT2D eigenvalue weighted by Gasteiger charge is 2.10. The van der Waals surface area contributed by atoms with Gasteiger partial charge >= 0.3 is 0 Å². The summed E-state index contributed by atoms with van der Waals surface area (Å²) in [5, 5.41) is 3.89. The SMILES string of the molecule is CCCNCc1cc(Cl)c(OC)c(OC)c1. The lowest BCUT2D eigenvalue weighted by atomic mass is 10.2. The van der Waals surface area contributed by atoms with E-state index in [0.29, 0.717) is 16.5 Å².